The molecule has 0 saturated heterocycles. The SMILES string of the molecule is C=C/C=C\CC(=C/C=C)/C=C/Cl. The van der Waals surface area contributed by atoms with Crippen LogP contribution in [-0.4, -0.2) is 0 Å². The molecule has 64 valence electrons. The van der Waals surface area contributed by atoms with Crippen molar-refractivity contribution in [3.05, 3.63) is 60.7 Å². The van der Waals surface area contributed by atoms with E-state index in [1.807, 2.05) is 24.3 Å². The summed E-state index contributed by atoms with van der Waals surface area (Å²) in [6.07, 6.45) is 12.0. The van der Waals surface area contributed by atoms with E-state index in [1.54, 1.807) is 12.2 Å². The van der Waals surface area contributed by atoms with Crippen LogP contribution >= 0.6 is 11.6 Å². The summed E-state index contributed by atoms with van der Waals surface area (Å²) in [5.41, 5.74) is 2.62. The van der Waals surface area contributed by atoms with Crippen molar-refractivity contribution in [2.24, 2.45) is 0 Å². The van der Waals surface area contributed by atoms with Gasteiger partial charge in [0, 0.05) is 5.54 Å². The molecule has 0 heterocycles. The molecule has 0 saturated carbocycles. The maximum Gasteiger partial charge on any atom is 0.00453 e. The van der Waals surface area contributed by atoms with Gasteiger partial charge in [0.1, 0.15) is 0 Å². The molecule has 0 atom stereocenters. The second-order valence-electron chi connectivity index (χ2n) is 2.14. The molecule has 0 unspecified atom stereocenters. The van der Waals surface area contributed by atoms with Gasteiger partial charge >= 0.3 is 0 Å². The maximum absolute atomic E-state index is 5.44. The summed E-state index contributed by atoms with van der Waals surface area (Å²) in [5, 5.41) is 0. The number of halogens is 1. The topological polar surface area (TPSA) is 0 Å². The molecule has 0 aromatic heterocycles. The zero-order valence-electron chi connectivity index (χ0n) is 7.04. The Kier molecular flexibility index (Phi) is 7.41. The van der Waals surface area contributed by atoms with Crippen molar-refractivity contribution in [1.82, 2.24) is 0 Å². The Bertz CT molecular complexity index is 219. The molecule has 0 N–H and O–H groups in total. The van der Waals surface area contributed by atoms with Crippen LogP contribution in [0.15, 0.2) is 60.7 Å². The summed E-state index contributed by atoms with van der Waals surface area (Å²) in [6.45, 7) is 7.19. The Morgan fingerprint density at radius 2 is 2.00 bits per heavy atom. The van der Waals surface area contributed by atoms with Gasteiger partial charge in [0.25, 0.3) is 0 Å². The molecule has 0 aliphatic carbocycles. The molecule has 0 aromatic carbocycles. The third-order valence-corrected chi connectivity index (χ3v) is 1.36. The maximum atomic E-state index is 5.44. The van der Waals surface area contributed by atoms with Gasteiger partial charge in [-0.3, -0.25) is 0 Å². The van der Waals surface area contributed by atoms with E-state index < -0.39 is 0 Å². The third-order valence-electron chi connectivity index (χ3n) is 1.23. The van der Waals surface area contributed by atoms with E-state index in [2.05, 4.69) is 13.2 Å². The summed E-state index contributed by atoms with van der Waals surface area (Å²) >= 11 is 5.44. The van der Waals surface area contributed by atoms with Crippen LogP contribution in [0.3, 0.4) is 0 Å². The second-order valence-corrected chi connectivity index (χ2v) is 2.39. The molecule has 0 aliphatic heterocycles. The van der Waals surface area contributed by atoms with Crippen LogP contribution in [0.4, 0.5) is 0 Å². The highest BCUT2D eigenvalue weighted by atomic mass is 35.5. The summed E-state index contributed by atoms with van der Waals surface area (Å²) in [4.78, 5) is 0. The fourth-order valence-corrected chi connectivity index (χ4v) is 0.886. The van der Waals surface area contributed by atoms with Crippen LogP contribution in [0.2, 0.25) is 0 Å². The van der Waals surface area contributed by atoms with Gasteiger partial charge in [-0.25, -0.2) is 0 Å². The lowest BCUT2D eigenvalue weighted by Crippen LogP contribution is -1.72. The van der Waals surface area contributed by atoms with Crippen molar-refractivity contribution < 1.29 is 0 Å². The predicted molar refractivity (Wildman–Crippen MR) is 57.2 cm³/mol. The zero-order chi connectivity index (χ0) is 9.23. The minimum Gasteiger partial charge on any atom is -0.0991 e. The highest BCUT2D eigenvalue weighted by molar-refractivity contribution is 6.25. The normalized spacial score (nSPS) is 12.6. The van der Waals surface area contributed by atoms with Crippen molar-refractivity contribution in [3.63, 3.8) is 0 Å². The van der Waals surface area contributed by atoms with Crippen LogP contribution in [0.5, 0.6) is 0 Å². The van der Waals surface area contributed by atoms with Crippen molar-refractivity contribution in [2.45, 2.75) is 6.42 Å². The number of rotatable bonds is 5. The predicted octanol–water partition coefficient (Wildman–Crippen LogP) is 3.98. The number of hydrogen-bond donors (Lipinski definition) is 0. The average molecular weight is 181 g/mol. The first-order valence-electron chi connectivity index (χ1n) is 3.71. The molecule has 0 nitrogen and oxygen atoms in total. The van der Waals surface area contributed by atoms with Crippen LogP contribution < -0.4 is 0 Å². The Labute approximate surface area is 79.2 Å². The molecule has 0 radical (unpaired) electrons. The molecular weight excluding hydrogens is 168 g/mol. The highest BCUT2D eigenvalue weighted by Crippen LogP contribution is 2.05. The first kappa shape index (κ1) is 11.0. The fourth-order valence-electron chi connectivity index (χ4n) is 0.724. The fraction of sp³-hybridized carbons (Fsp3) is 0.0909. The first-order chi connectivity index (χ1) is 5.85. The molecular formula is C11H13Cl. The average Bonchev–Trinajstić information content (AvgIpc) is 2.06. The van der Waals surface area contributed by atoms with Crippen LogP contribution in [0.1, 0.15) is 6.42 Å². The van der Waals surface area contributed by atoms with Crippen molar-refractivity contribution in [2.75, 3.05) is 0 Å². The summed E-state index contributed by atoms with van der Waals surface area (Å²) < 4.78 is 0. The quantitative estimate of drug-likeness (QED) is 0.562. The summed E-state index contributed by atoms with van der Waals surface area (Å²) in [7, 11) is 0. The van der Waals surface area contributed by atoms with Crippen LogP contribution in [-0.2, 0) is 0 Å². The van der Waals surface area contributed by atoms with Crippen LogP contribution in [0.25, 0.3) is 0 Å². The molecule has 12 heavy (non-hydrogen) atoms. The molecule has 0 aliphatic rings. The standard InChI is InChI=1S/C11H13Cl/c1-3-5-6-8-11(7-4-2)9-10-12/h3-7,9-10H,1-2,8H2/b6-5-,10-9+,11-7-. The minimum atomic E-state index is 0.848. The molecule has 0 amide bonds. The van der Waals surface area contributed by atoms with Gasteiger partial charge in [0.15, 0.2) is 0 Å². The van der Waals surface area contributed by atoms with Crippen molar-refractivity contribution >= 4 is 11.6 Å². The molecule has 0 aromatic rings. The van der Waals surface area contributed by atoms with Crippen molar-refractivity contribution in [1.29, 1.82) is 0 Å². The van der Waals surface area contributed by atoms with E-state index in [9.17, 15) is 0 Å². The number of allylic oxidation sites excluding steroid dienone is 7. The Hall–Kier alpha value is -1.01. The Morgan fingerprint density at radius 1 is 1.25 bits per heavy atom. The van der Waals surface area contributed by atoms with Gasteiger partial charge in [-0.15, -0.1) is 0 Å². The smallest absolute Gasteiger partial charge is 0.00453 e. The van der Waals surface area contributed by atoms with Crippen LogP contribution in [0, 0.1) is 0 Å². The van der Waals surface area contributed by atoms with E-state index in [0.29, 0.717) is 0 Å². The summed E-state index contributed by atoms with van der Waals surface area (Å²) in [6, 6.07) is 0. The minimum absolute atomic E-state index is 0.848. The van der Waals surface area contributed by atoms with E-state index in [1.165, 1.54) is 5.54 Å². The highest BCUT2D eigenvalue weighted by Gasteiger charge is 1.85. The van der Waals surface area contributed by atoms with Gasteiger partial charge in [0.2, 0.25) is 0 Å². The summed E-state index contributed by atoms with van der Waals surface area (Å²) in [5.74, 6) is 0. The molecule has 1 heteroatoms. The molecule has 0 rings (SSSR count). The van der Waals surface area contributed by atoms with E-state index in [4.69, 9.17) is 11.6 Å². The Balaban J connectivity index is 4.13. The third kappa shape index (κ3) is 5.75. The number of hydrogen-bond acceptors (Lipinski definition) is 0. The van der Waals surface area contributed by atoms with Gasteiger partial charge in [-0.05, 0) is 18.1 Å². The monoisotopic (exact) mass is 180 g/mol. The Morgan fingerprint density at radius 3 is 2.50 bits per heavy atom. The van der Waals surface area contributed by atoms with Gasteiger partial charge in [-0.1, -0.05) is 55.1 Å². The van der Waals surface area contributed by atoms with Crippen molar-refractivity contribution in [3.8, 4) is 0 Å². The van der Waals surface area contributed by atoms with Gasteiger partial charge in [0.05, 0.1) is 0 Å². The molecule has 0 spiro atoms. The van der Waals surface area contributed by atoms with Gasteiger partial charge in [-0.2, -0.15) is 0 Å². The lowest BCUT2D eigenvalue weighted by atomic mass is 10.1. The lowest BCUT2D eigenvalue weighted by Gasteiger charge is -1.92. The molecule has 0 fully saturated rings. The van der Waals surface area contributed by atoms with E-state index >= 15 is 0 Å². The largest absolute Gasteiger partial charge is 0.0991 e. The zero-order valence-corrected chi connectivity index (χ0v) is 7.80. The molecule has 0 bridgehead atoms. The van der Waals surface area contributed by atoms with E-state index in [-0.39, 0.29) is 0 Å². The van der Waals surface area contributed by atoms with E-state index in [0.717, 1.165) is 12.0 Å². The lowest BCUT2D eigenvalue weighted by molar-refractivity contribution is 1.29. The van der Waals surface area contributed by atoms with Gasteiger partial charge < -0.3 is 0 Å². The second kappa shape index (κ2) is 8.09. The first-order valence-corrected chi connectivity index (χ1v) is 4.14.